The van der Waals surface area contributed by atoms with Crippen LogP contribution < -0.4 is 0 Å². The first-order chi connectivity index (χ1) is 6.61. The Labute approximate surface area is 88.0 Å². The average Bonchev–Trinajstić information content (AvgIpc) is 2.16. The van der Waals surface area contributed by atoms with Crippen LogP contribution in [-0.4, -0.2) is 24.9 Å². The molecule has 2 heteroatoms. The first-order valence-electron chi connectivity index (χ1n) is 5.40. The van der Waals surface area contributed by atoms with Crippen LogP contribution in [0.15, 0.2) is 12.2 Å². The third-order valence-electron chi connectivity index (χ3n) is 2.78. The molecular weight excluding hydrogens is 176 g/mol. The predicted molar refractivity (Wildman–Crippen MR) is 60.3 cm³/mol. The molecule has 0 saturated heterocycles. The van der Waals surface area contributed by atoms with Gasteiger partial charge in [0.15, 0.2) is 0 Å². The summed E-state index contributed by atoms with van der Waals surface area (Å²) in [5.74, 6) is 1.39. The first kappa shape index (κ1) is 13.7. The summed E-state index contributed by atoms with van der Waals surface area (Å²) in [6.45, 7) is 6.85. The van der Waals surface area contributed by atoms with Crippen molar-refractivity contribution in [1.82, 2.24) is 0 Å². The molecule has 2 nitrogen and oxygen atoms in total. The highest BCUT2D eigenvalue weighted by molar-refractivity contribution is 4.84. The fourth-order valence-electron chi connectivity index (χ4n) is 1.30. The van der Waals surface area contributed by atoms with E-state index in [-0.39, 0.29) is 12.7 Å². The zero-order valence-electron chi connectivity index (χ0n) is 9.86. The topological polar surface area (TPSA) is 29.5 Å². The van der Waals surface area contributed by atoms with Crippen molar-refractivity contribution in [3.05, 3.63) is 12.2 Å². The molecule has 2 atom stereocenters. The number of hydrogen-bond acceptors (Lipinski definition) is 2. The Hall–Kier alpha value is -0.340. The van der Waals surface area contributed by atoms with Crippen molar-refractivity contribution in [3.8, 4) is 0 Å². The van der Waals surface area contributed by atoms with E-state index in [4.69, 9.17) is 9.84 Å². The fourth-order valence-corrected chi connectivity index (χ4v) is 1.30. The van der Waals surface area contributed by atoms with E-state index in [9.17, 15) is 0 Å². The van der Waals surface area contributed by atoms with E-state index in [0.29, 0.717) is 11.8 Å². The summed E-state index contributed by atoms with van der Waals surface area (Å²) in [7, 11) is 1.75. The monoisotopic (exact) mass is 200 g/mol. The molecule has 0 radical (unpaired) electrons. The molecular formula is C12H24O2. The maximum absolute atomic E-state index is 8.59. The molecule has 2 unspecified atom stereocenters. The molecule has 0 fully saturated rings. The molecule has 0 saturated carbocycles. The number of aliphatic hydroxyl groups excluding tert-OH is 1. The smallest absolute Gasteiger partial charge is 0.0612 e. The quantitative estimate of drug-likeness (QED) is 0.640. The van der Waals surface area contributed by atoms with Crippen LogP contribution in [0, 0.1) is 11.8 Å². The Morgan fingerprint density at radius 3 is 2.29 bits per heavy atom. The molecule has 0 spiro atoms. The minimum atomic E-state index is 0.121. The van der Waals surface area contributed by atoms with Crippen LogP contribution in [0.25, 0.3) is 0 Å². The molecule has 14 heavy (non-hydrogen) atoms. The standard InChI is InChI=1S/C12H24O2/c1-10(2)11(3)9-12(14-4)7-5-6-8-13/h5-6,10-13H,7-9H2,1-4H3/b6-5+. The molecule has 0 rings (SSSR count). The van der Waals surface area contributed by atoms with Gasteiger partial charge in [0, 0.05) is 7.11 Å². The Kier molecular flexibility index (Phi) is 7.81. The van der Waals surface area contributed by atoms with Crippen molar-refractivity contribution >= 4 is 0 Å². The molecule has 0 aliphatic carbocycles. The van der Waals surface area contributed by atoms with E-state index >= 15 is 0 Å². The first-order valence-corrected chi connectivity index (χ1v) is 5.40. The largest absolute Gasteiger partial charge is 0.392 e. The lowest BCUT2D eigenvalue weighted by Crippen LogP contribution is -2.17. The van der Waals surface area contributed by atoms with Crippen LogP contribution in [0.2, 0.25) is 0 Å². The van der Waals surface area contributed by atoms with Gasteiger partial charge in [-0.3, -0.25) is 0 Å². The second-order valence-electron chi connectivity index (χ2n) is 4.20. The highest BCUT2D eigenvalue weighted by atomic mass is 16.5. The summed E-state index contributed by atoms with van der Waals surface area (Å²) < 4.78 is 5.38. The minimum absolute atomic E-state index is 0.121. The third kappa shape index (κ3) is 6.17. The number of ether oxygens (including phenoxy) is 1. The summed E-state index contributed by atoms with van der Waals surface area (Å²) in [6, 6.07) is 0. The zero-order valence-corrected chi connectivity index (χ0v) is 9.86. The van der Waals surface area contributed by atoms with Gasteiger partial charge < -0.3 is 9.84 Å². The molecule has 0 aliphatic heterocycles. The summed E-state index contributed by atoms with van der Waals surface area (Å²) in [5, 5.41) is 8.59. The van der Waals surface area contributed by atoms with Gasteiger partial charge in [0.1, 0.15) is 0 Å². The normalized spacial score (nSPS) is 16.4. The van der Waals surface area contributed by atoms with Crippen molar-refractivity contribution in [2.24, 2.45) is 11.8 Å². The molecule has 0 heterocycles. The molecule has 0 amide bonds. The van der Waals surface area contributed by atoms with Crippen molar-refractivity contribution < 1.29 is 9.84 Å². The van der Waals surface area contributed by atoms with E-state index in [1.165, 1.54) is 0 Å². The highest BCUT2D eigenvalue weighted by Gasteiger charge is 2.13. The maximum Gasteiger partial charge on any atom is 0.0612 e. The van der Waals surface area contributed by atoms with Crippen molar-refractivity contribution in [1.29, 1.82) is 0 Å². The lowest BCUT2D eigenvalue weighted by molar-refractivity contribution is 0.0778. The Morgan fingerprint density at radius 1 is 1.21 bits per heavy atom. The predicted octanol–water partition coefficient (Wildman–Crippen LogP) is 2.62. The number of methoxy groups -OCH3 is 1. The lowest BCUT2D eigenvalue weighted by Gasteiger charge is -2.21. The molecule has 0 aromatic carbocycles. The lowest BCUT2D eigenvalue weighted by atomic mass is 9.91. The second-order valence-corrected chi connectivity index (χ2v) is 4.20. The van der Waals surface area contributed by atoms with Crippen LogP contribution >= 0.6 is 0 Å². The van der Waals surface area contributed by atoms with Crippen molar-refractivity contribution in [3.63, 3.8) is 0 Å². The number of hydrogen-bond donors (Lipinski definition) is 1. The van der Waals surface area contributed by atoms with Gasteiger partial charge in [0.2, 0.25) is 0 Å². The Bertz CT molecular complexity index is 152. The highest BCUT2D eigenvalue weighted by Crippen LogP contribution is 2.19. The van der Waals surface area contributed by atoms with Crippen LogP contribution in [0.5, 0.6) is 0 Å². The van der Waals surface area contributed by atoms with E-state index < -0.39 is 0 Å². The van der Waals surface area contributed by atoms with E-state index in [2.05, 4.69) is 20.8 Å². The van der Waals surface area contributed by atoms with Gasteiger partial charge in [-0.25, -0.2) is 0 Å². The molecule has 0 aromatic heterocycles. The minimum Gasteiger partial charge on any atom is -0.392 e. The Morgan fingerprint density at radius 2 is 1.86 bits per heavy atom. The molecule has 1 N–H and O–H groups in total. The van der Waals surface area contributed by atoms with Gasteiger partial charge in [-0.05, 0) is 24.7 Å². The van der Waals surface area contributed by atoms with E-state index in [0.717, 1.165) is 12.8 Å². The van der Waals surface area contributed by atoms with Crippen LogP contribution in [0.3, 0.4) is 0 Å². The third-order valence-corrected chi connectivity index (χ3v) is 2.78. The summed E-state index contributed by atoms with van der Waals surface area (Å²) in [4.78, 5) is 0. The zero-order chi connectivity index (χ0) is 11.0. The van der Waals surface area contributed by atoms with Crippen LogP contribution in [0.1, 0.15) is 33.6 Å². The van der Waals surface area contributed by atoms with Crippen LogP contribution in [0.4, 0.5) is 0 Å². The van der Waals surface area contributed by atoms with Gasteiger partial charge in [0.25, 0.3) is 0 Å². The summed E-state index contributed by atoms with van der Waals surface area (Å²) >= 11 is 0. The second kappa shape index (κ2) is 8.01. The van der Waals surface area contributed by atoms with Crippen molar-refractivity contribution in [2.75, 3.05) is 13.7 Å². The van der Waals surface area contributed by atoms with Gasteiger partial charge >= 0.3 is 0 Å². The Balaban J connectivity index is 3.84. The number of rotatable bonds is 7. The summed E-state index contributed by atoms with van der Waals surface area (Å²) in [5.41, 5.74) is 0. The van der Waals surface area contributed by atoms with Crippen LogP contribution in [-0.2, 0) is 4.74 Å². The molecule has 0 aromatic rings. The fraction of sp³-hybridized carbons (Fsp3) is 0.833. The van der Waals surface area contributed by atoms with Crippen molar-refractivity contribution in [2.45, 2.75) is 39.7 Å². The average molecular weight is 200 g/mol. The number of aliphatic hydroxyl groups is 1. The molecule has 84 valence electrons. The maximum atomic E-state index is 8.59. The van der Waals surface area contributed by atoms with Gasteiger partial charge in [0.05, 0.1) is 12.7 Å². The van der Waals surface area contributed by atoms with Gasteiger partial charge in [-0.2, -0.15) is 0 Å². The van der Waals surface area contributed by atoms with E-state index in [1.54, 1.807) is 13.2 Å². The molecule has 0 bridgehead atoms. The van der Waals surface area contributed by atoms with E-state index in [1.807, 2.05) is 6.08 Å². The molecule has 0 aliphatic rings. The SMILES string of the molecule is COC(C/C=C/CO)CC(C)C(C)C. The van der Waals surface area contributed by atoms with Gasteiger partial charge in [-0.15, -0.1) is 0 Å². The summed E-state index contributed by atoms with van der Waals surface area (Å²) in [6.07, 6.45) is 6.03. The van der Waals surface area contributed by atoms with Gasteiger partial charge in [-0.1, -0.05) is 32.9 Å².